The van der Waals surface area contributed by atoms with Gasteiger partial charge in [0, 0.05) is 24.8 Å². The van der Waals surface area contributed by atoms with Crippen LogP contribution in [-0.4, -0.2) is 45.2 Å². The smallest absolute Gasteiger partial charge is 0.262 e. The topological polar surface area (TPSA) is 77.1 Å². The molecular weight excluding hydrogens is 360 g/mol. The molecule has 0 spiro atoms. The minimum Gasteiger partial charge on any atom is -0.496 e. The molecule has 3 rings (SSSR count). The second-order valence-electron chi connectivity index (χ2n) is 6.27. The predicted molar refractivity (Wildman–Crippen MR) is 105 cm³/mol. The van der Waals surface area contributed by atoms with Crippen molar-refractivity contribution in [1.82, 2.24) is 5.32 Å². The van der Waals surface area contributed by atoms with E-state index in [-0.39, 0.29) is 18.4 Å². The molecule has 1 aliphatic heterocycles. The second kappa shape index (κ2) is 8.75. The Labute approximate surface area is 164 Å². The Morgan fingerprint density at radius 1 is 1.25 bits per heavy atom. The maximum Gasteiger partial charge on any atom is 0.262 e. The van der Waals surface area contributed by atoms with Gasteiger partial charge in [0.15, 0.2) is 6.10 Å². The normalized spacial score (nSPS) is 15.4. The van der Waals surface area contributed by atoms with E-state index < -0.39 is 6.10 Å². The molecule has 1 N–H and O–H groups in total. The Morgan fingerprint density at radius 3 is 2.75 bits per heavy atom. The number of anilines is 1. The van der Waals surface area contributed by atoms with Gasteiger partial charge in [-0.05, 0) is 37.3 Å². The maximum atomic E-state index is 13.3. The van der Waals surface area contributed by atoms with Gasteiger partial charge >= 0.3 is 0 Å². The number of rotatable bonds is 6. The standard InChI is InChI=1S/C21H24N2O5/c1-4-27-13-15-11-14(9-10-17(15)26-3)21(25)23-12-19(20(24)22-2)28-18-8-6-5-7-16(18)23/h5-11,19H,4,12-13H2,1-3H3,(H,22,24)/t19-/m1/s1. The van der Waals surface area contributed by atoms with E-state index in [4.69, 9.17) is 14.2 Å². The molecule has 0 fully saturated rings. The third-order valence-corrected chi connectivity index (χ3v) is 4.55. The number of para-hydroxylation sites is 2. The Morgan fingerprint density at radius 2 is 2.04 bits per heavy atom. The van der Waals surface area contributed by atoms with Crippen molar-refractivity contribution < 1.29 is 23.8 Å². The van der Waals surface area contributed by atoms with Gasteiger partial charge in [0.05, 0.1) is 25.9 Å². The highest BCUT2D eigenvalue weighted by Gasteiger charge is 2.33. The van der Waals surface area contributed by atoms with Crippen LogP contribution in [0.2, 0.25) is 0 Å². The molecule has 2 aromatic rings. The Hall–Kier alpha value is -3.06. The maximum absolute atomic E-state index is 13.3. The van der Waals surface area contributed by atoms with E-state index in [1.54, 1.807) is 55.5 Å². The number of carbonyl (C=O) groups is 2. The zero-order chi connectivity index (χ0) is 20.1. The van der Waals surface area contributed by atoms with Crippen LogP contribution in [-0.2, 0) is 16.1 Å². The van der Waals surface area contributed by atoms with Crippen molar-refractivity contribution in [2.45, 2.75) is 19.6 Å². The van der Waals surface area contributed by atoms with Gasteiger partial charge in [-0.3, -0.25) is 9.59 Å². The summed E-state index contributed by atoms with van der Waals surface area (Å²) in [6, 6.07) is 12.4. The summed E-state index contributed by atoms with van der Waals surface area (Å²) in [4.78, 5) is 27.0. The van der Waals surface area contributed by atoms with E-state index in [1.165, 1.54) is 0 Å². The molecule has 0 aliphatic carbocycles. The van der Waals surface area contributed by atoms with Crippen LogP contribution in [0, 0.1) is 0 Å². The molecule has 2 aromatic carbocycles. The van der Waals surface area contributed by atoms with Gasteiger partial charge in [0.1, 0.15) is 11.5 Å². The van der Waals surface area contributed by atoms with E-state index in [1.807, 2.05) is 13.0 Å². The van der Waals surface area contributed by atoms with Gasteiger partial charge in [0.25, 0.3) is 11.8 Å². The first-order valence-corrected chi connectivity index (χ1v) is 9.12. The monoisotopic (exact) mass is 384 g/mol. The van der Waals surface area contributed by atoms with E-state index in [0.29, 0.717) is 36.0 Å². The number of amides is 2. The Balaban J connectivity index is 1.95. The number of nitrogens with zero attached hydrogens (tertiary/aromatic N) is 1. The summed E-state index contributed by atoms with van der Waals surface area (Å²) in [5.41, 5.74) is 1.91. The summed E-state index contributed by atoms with van der Waals surface area (Å²) in [5, 5.41) is 2.58. The molecule has 1 heterocycles. The van der Waals surface area contributed by atoms with Crippen molar-refractivity contribution in [1.29, 1.82) is 0 Å². The fourth-order valence-electron chi connectivity index (χ4n) is 3.12. The molecule has 7 nitrogen and oxygen atoms in total. The first-order valence-electron chi connectivity index (χ1n) is 9.12. The van der Waals surface area contributed by atoms with Crippen LogP contribution >= 0.6 is 0 Å². The average molecular weight is 384 g/mol. The summed E-state index contributed by atoms with van der Waals surface area (Å²) in [7, 11) is 3.13. The van der Waals surface area contributed by atoms with Crippen molar-refractivity contribution >= 4 is 17.5 Å². The van der Waals surface area contributed by atoms with E-state index in [0.717, 1.165) is 5.56 Å². The third-order valence-electron chi connectivity index (χ3n) is 4.55. The van der Waals surface area contributed by atoms with Crippen LogP contribution in [0.3, 0.4) is 0 Å². The first kappa shape index (κ1) is 19.7. The van der Waals surface area contributed by atoms with Crippen molar-refractivity contribution in [3.8, 4) is 11.5 Å². The Bertz CT molecular complexity index is 868. The third kappa shape index (κ3) is 3.94. The highest BCUT2D eigenvalue weighted by Crippen LogP contribution is 2.34. The minimum absolute atomic E-state index is 0.127. The van der Waals surface area contributed by atoms with Gasteiger partial charge < -0.3 is 24.4 Å². The molecule has 1 atom stereocenters. The second-order valence-corrected chi connectivity index (χ2v) is 6.27. The molecule has 0 unspecified atom stereocenters. The van der Waals surface area contributed by atoms with Gasteiger partial charge in [-0.2, -0.15) is 0 Å². The van der Waals surface area contributed by atoms with Crippen molar-refractivity contribution in [2.24, 2.45) is 0 Å². The van der Waals surface area contributed by atoms with Crippen LogP contribution in [0.15, 0.2) is 42.5 Å². The number of fused-ring (bicyclic) bond motifs is 1. The highest BCUT2D eigenvalue weighted by molar-refractivity contribution is 6.08. The average Bonchev–Trinajstić information content (AvgIpc) is 2.75. The summed E-state index contributed by atoms with van der Waals surface area (Å²) in [6.45, 7) is 2.95. The van der Waals surface area contributed by atoms with Gasteiger partial charge in [0.2, 0.25) is 0 Å². The van der Waals surface area contributed by atoms with Gasteiger partial charge in [-0.1, -0.05) is 12.1 Å². The molecule has 0 radical (unpaired) electrons. The number of likely N-dealkylation sites (N-methyl/N-ethyl adjacent to an activating group) is 1. The Kier molecular flexibility index (Phi) is 6.16. The van der Waals surface area contributed by atoms with Crippen LogP contribution in [0.4, 0.5) is 5.69 Å². The molecular formula is C21H24N2O5. The van der Waals surface area contributed by atoms with Crippen molar-refractivity contribution in [3.63, 3.8) is 0 Å². The number of benzene rings is 2. The predicted octanol–water partition coefficient (Wildman–Crippen LogP) is 2.39. The quantitative estimate of drug-likeness (QED) is 0.828. The summed E-state index contributed by atoms with van der Waals surface area (Å²) < 4.78 is 16.6. The number of nitrogens with one attached hydrogen (secondary N) is 1. The largest absolute Gasteiger partial charge is 0.496 e. The first-order chi connectivity index (χ1) is 13.6. The van der Waals surface area contributed by atoms with E-state index >= 15 is 0 Å². The van der Waals surface area contributed by atoms with Crippen molar-refractivity contribution in [3.05, 3.63) is 53.6 Å². The molecule has 0 aromatic heterocycles. The zero-order valence-electron chi connectivity index (χ0n) is 16.2. The van der Waals surface area contributed by atoms with Crippen LogP contribution < -0.4 is 19.7 Å². The fourth-order valence-corrected chi connectivity index (χ4v) is 3.12. The summed E-state index contributed by atoms with van der Waals surface area (Å²) >= 11 is 0. The minimum atomic E-state index is -0.773. The number of methoxy groups -OCH3 is 1. The number of carbonyl (C=O) groups excluding carboxylic acids is 2. The number of hydrogen-bond donors (Lipinski definition) is 1. The van der Waals surface area contributed by atoms with Crippen LogP contribution in [0.5, 0.6) is 11.5 Å². The molecule has 1 aliphatic rings. The fraction of sp³-hybridized carbons (Fsp3) is 0.333. The van der Waals surface area contributed by atoms with Crippen molar-refractivity contribution in [2.75, 3.05) is 32.2 Å². The van der Waals surface area contributed by atoms with E-state index in [9.17, 15) is 9.59 Å². The lowest BCUT2D eigenvalue weighted by atomic mass is 10.1. The molecule has 2 amide bonds. The zero-order valence-corrected chi connectivity index (χ0v) is 16.2. The van der Waals surface area contributed by atoms with Crippen LogP contribution in [0.25, 0.3) is 0 Å². The molecule has 148 valence electrons. The number of ether oxygens (including phenoxy) is 3. The molecule has 0 saturated heterocycles. The lowest BCUT2D eigenvalue weighted by Crippen LogP contribution is -2.50. The molecule has 0 saturated carbocycles. The lowest BCUT2D eigenvalue weighted by molar-refractivity contribution is -0.127. The SMILES string of the molecule is CCOCc1cc(C(=O)N2C[C@H](C(=O)NC)Oc3ccccc32)ccc1OC. The van der Waals surface area contributed by atoms with Gasteiger partial charge in [-0.15, -0.1) is 0 Å². The lowest BCUT2D eigenvalue weighted by Gasteiger charge is -2.34. The summed E-state index contributed by atoms with van der Waals surface area (Å²) in [6.07, 6.45) is -0.773. The summed E-state index contributed by atoms with van der Waals surface area (Å²) in [5.74, 6) is 0.665. The van der Waals surface area contributed by atoms with Gasteiger partial charge in [-0.25, -0.2) is 0 Å². The van der Waals surface area contributed by atoms with E-state index in [2.05, 4.69) is 5.32 Å². The molecule has 0 bridgehead atoms. The highest BCUT2D eigenvalue weighted by atomic mass is 16.5. The molecule has 28 heavy (non-hydrogen) atoms. The number of hydrogen-bond acceptors (Lipinski definition) is 5. The molecule has 7 heteroatoms. The van der Waals surface area contributed by atoms with Crippen LogP contribution in [0.1, 0.15) is 22.8 Å².